The molecule has 0 saturated heterocycles. The molecule has 0 radical (unpaired) electrons. The number of aromatic nitrogens is 4. The molecular formula is C26H25N5O4. The van der Waals surface area contributed by atoms with Gasteiger partial charge in [0.05, 0.1) is 29.2 Å². The van der Waals surface area contributed by atoms with Crippen LogP contribution in [0.3, 0.4) is 0 Å². The molecule has 0 aliphatic heterocycles. The number of aryl methyl sites for hydroxylation is 2. The van der Waals surface area contributed by atoms with E-state index in [1.807, 2.05) is 24.3 Å². The molecule has 5 aromatic rings. The van der Waals surface area contributed by atoms with Crippen LogP contribution in [0, 0.1) is 0 Å². The van der Waals surface area contributed by atoms with E-state index in [0.717, 1.165) is 27.7 Å². The fourth-order valence-electron chi connectivity index (χ4n) is 4.45. The van der Waals surface area contributed by atoms with E-state index in [1.54, 1.807) is 60.6 Å². The van der Waals surface area contributed by atoms with Crippen molar-refractivity contribution in [3.8, 4) is 22.9 Å². The summed E-state index contributed by atoms with van der Waals surface area (Å²) in [6.07, 6.45) is 0. The fraction of sp³-hybridized carbons (Fsp3) is 0.192. The summed E-state index contributed by atoms with van der Waals surface area (Å²) in [5, 5.41) is 12.7. The number of phenolic OH excluding ortho intramolecular Hbond substituents is 1. The number of nitrogens with one attached hydrogen (secondary N) is 1. The first-order valence-electron chi connectivity index (χ1n) is 11.1. The smallest absolute Gasteiger partial charge is 0.328 e. The van der Waals surface area contributed by atoms with E-state index < -0.39 is 0 Å². The molecule has 0 unspecified atom stereocenters. The zero-order valence-corrected chi connectivity index (χ0v) is 19.9. The maximum Gasteiger partial charge on any atom is 0.328 e. The third kappa shape index (κ3) is 3.61. The average molecular weight is 472 g/mol. The van der Waals surface area contributed by atoms with Crippen LogP contribution in [-0.2, 0) is 20.6 Å². The van der Waals surface area contributed by atoms with Gasteiger partial charge >= 0.3 is 5.69 Å². The summed E-state index contributed by atoms with van der Waals surface area (Å²) in [5.41, 5.74) is 5.39. The van der Waals surface area contributed by atoms with Crippen LogP contribution in [0.1, 0.15) is 15.9 Å². The van der Waals surface area contributed by atoms with Crippen molar-refractivity contribution in [2.75, 3.05) is 14.2 Å². The highest BCUT2D eigenvalue weighted by Crippen LogP contribution is 2.33. The number of imidazole rings is 2. The Bertz CT molecular complexity index is 1680. The van der Waals surface area contributed by atoms with E-state index in [1.165, 1.54) is 7.11 Å². The maximum atomic E-state index is 12.4. The first-order valence-corrected chi connectivity index (χ1v) is 11.1. The molecule has 35 heavy (non-hydrogen) atoms. The van der Waals surface area contributed by atoms with Crippen molar-refractivity contribution in [1.82, 2.24) is 24.0 Å². The summed E-state index contributed by atoms with van der Waals surface area (Å²) in [5.74, 6) is 0.850. The highest BCUT2D eigenvalue weighted by molar-refractivity contribution is 5.97. The Morgan fingerprint density at radius 3 is 2.49 bits per heavy atom. The summed E-state index contributed by atoms with van der Waals surface area (Å²) in [4.78, 5) is 29.4. The number of methoxy groups -OCH3 is 1. The molecule has 2 aromatic heterocycles. The van der Waals surface area contributed by atoms with Gasteiger partial charge in [0, 0.05) is 38.8 Å². The molecule has 5 rings (SSSR count). The topological polar surface area (TPSA) is 103 Å². The minimum Gasteiger partial charge on any atom is -0.504 e. The Labute approximate surface area is 200 Å². The normalized spacial score (nSPS) is 11.3. The van der Waals surface area contributed by atoms with Crippen LogP contribution in [0.2, 0.25) is 0 Å². The van der Waals surface area contributed by atoms with E-state index in [9.17, 15) is 14.7 Å². The van der Waals surface area contributed by atoms with Crippen molar-refractivity contribution in [3.63, 3.8) is 0 Å². The number of ether oxygens (including phenoxy) is 1. The largest absolute Gasteiger partial charge is 0.504 e. The van der Waals surface area contributed by atoms with Gasteiger partial charge in [-0.05, 0) is 54.1 Å². The van der Waals surface area contributed by atoms with Crippen molar-refractivity contribution < 1.29 is 14.6 Å². The number of carbonyl (C=O) groups is 1. The molecule has 9 nitrogen and oxygen atoms in total. The summed E-state index contributed by atoms with van der Waals surface area (Å²) in [6, 6.07) is 16.4. The van der Waals surface area contributed by atoms with Crippen LogP contribution in [0.15, 0.2) is 59.4 Å². The quantitative estimate of drug-likeness (QED) is 0.410. The van der Waals surface area contributed by atoms with E-state index in [-0.39, 0.29) is 17.3 Å². The summed E-state index contributed by atoms with van der Waals surface area (Å²) >= 11 is 0. The minimum absolute atomic E-state index is 0.0382. The van der Waals surface area contributed by atoms with Crippen LogP contribution in [0.25, 0.3) is 33.5 Å². The fourth-order valence-corrected chi connectivity index (χ4v) is 4.45. The van der Waals surface area contributed by atoms with Gasteiger partial charge in [-0.15, -0.1) is 0 Å². The molecule has 3 aromatic carbocycles. The first-order chi connectivity index (χ1) is 16.8. The number of benzene rings is 3. The molecule has 9 heteroatoms. The van der Waals surface area contributed by atoms with Gasteiger partial charge in [0.2, 0.25) is 0 Å². The molecule has 0 aliphatic rings. The van der Waals surface area contributed by atoms with E-state index in [0.29, 0.717) is 29.2 Å². The lowest BCUT2D eigenvalue weighted by Gasteiger charge is -2.12. The number of hydrogen-bond acceptors (Lipinski definition) is 5. The van der Waals surface area contributed by atoms with Crippen LogP contribution >= 0.6 is 0 Å². The molecule has 2 N–H and O–H groups in total. The molecule has 0 atom stereocenters. The molecule has 0 fully saturated rings. The molecule has 2 heterocycles. The van der Waals surface area contributed by atoms with Gasteiger partial charge in [0.25, 0.3) is 5.91 Å². The Balaban J connectivity index is 1.70. The summed E-state index contributed by atoms with van der Waals surface area (Å²) < 4.78 is 10.6. The van der Waals surface area contributed by atoms with Crippen LogP contribution in [0.4, 0.5) is 0 Å². The monoisotopic (exact) mass is 471 g/mol. The second-order valence-electron chi connectivity index (χ2n) is 8.41. The predicted octanol–water partition coefficient (Wildman–Crippen LogP) is 3.02. The van der Waals surface area contributed by atoms with Crippen LogP contribution in [0.5, 0.6) is 11.5 Å². The molecule has 0 spiro atoms. The Hall–Kier alpha value is -4.53. The lowest BCUT2D eigenvalue weighted by atomic mass is 10.1. The molecular weight excluding hydrogens is 446 g/mol. The van der Waals surface area contributed by atoms with E-state index in [2.05, 4.69) is 9.88 Å². The number of nitrogens with zero attached hydrogens (tertiary/aromatic N) is 4. The highest BCUT2D eigenvalue weighted by atomic mass is 16.5. The SMILES string of the molecule is CNC(=O)c1ccc2c(c1)nc(-c1ccc(O)c(OC)c1)n2Cc1ccc2c(c1)n(C)c(=O)n2C. The predicted molar refractivity (Wildman–Crippen MR) is 134 cm³/mol. The molecule has 1 amide bonds. The van der Waals surface area contributed by atoms with Gasteiger partial charge in [0.1, 0.15) is 5.82 Å². The zero-order valence-electron chi connectivity index (χ0n) is 19.9. The zero-order chi connectivity index (χ0) is 24.9. The number of amides is 1. The highest BCUT2D eigenvalue weighted by Gasteiger charge is 2.17. The Morgan fingerprint density at radius 2 is 1.74 bits per heavy atom. The van der Waals surface area contributed by atoms with Crippen molar-refractivity contribution in [1.29, 1.82) is 0 Å². The van der Waals surface area contributed by atoms with E-state index in [4.69, 9.17) is 9.72 Å². The lowest BCUT2D eigenvalue weighted by molar-refractivity contribution is 0.0963. The second kappa shape index (κ2) is 8.35. The Morgan fingerprint density at radius 1 is 1.00 bits per heavy atom. The first kappa shape index (κ1) is 22.3. The van der Waals surface area contributed by atoms with Gasteiger partial charge < -0.3 is 19.7 Å². The number of hydrogen-bond donors (Lipinski definition) is 2. The van der Waals surface area contributed by atoms with Crippen LogP contribution < -0.4 is 15.7 Å². The molecule has 0 aliphatic carbocycles. The third-order valence-electron chi connectivity index (χ3n) is 6.35. The van der Waals surface area contributed by atoms with Crippen molar-refractivity contribution in [3.05, 3.63) is 76.2 Å². The number of fused-ring (bicyclic) bond motifs is 2. The van der Waals surface area contributed by atoms with Crippen molar-refractivity contribution in [2.45, 2.75) is 6.54 Å². The molecule has 178 valence electrons. The lowest BCUT2D eigenvalue weighted by Crippen LogP contribution is -2.19. The van der Waals surface area contributed by atoms with Gasteiger partial charge in [0.15, 0.2) is 11.5 Å². The van der Waals surface area contributed by atoms with E-state index >= 15 is 0 Å². The average Bonchev–Trinajstić information content (AvgIpc) is 3.33. The second-order valence-corrected chi connectivity index (χ2v) is 8.41. The van der Waals surface area contributed by atoms with Crippen molar-refractivity contribution >= 4 is 28.0 Å². The number of phenols is 1. The van der Waals surface area contributed by atoms with Gasteiger partial charge in [-0.25, -0.2) is 9.78 Å². The molecule has 0 bridgehead atoms. The Kier molecular flexibility index (Phi) is 5.32. The molecule has 0 saturated carbocycles. The summed E-state index contributed by atoms with van der Waals surface area (Å²) in [7, 11) is 6.60. The standard InChI is InChI=1S/C26H25N5O4/c1-27-25(33)17-6-9-19-18(12-17)28-24(16-7-10-22(32)23(13-16)35-4)31(19)14-15-5-8-20-21(11-15)30(3)26(34)29(20)2/h5-13,32H,14H2,1-4H3,(H,27,33). The number of carbonyl (C=O) groups excluding carboxylic acids is 1. The third-order valence-corrected chi connectivity index (χ3v) is 6.35. The van der Waals surface area contributed by atoms with Gasteiger partial charge in [-0.2, -0.15) is 0 Å². The summed E-state index contributed by atoms with van der Waals surface area (Å²) in [6.45, 7) is 0.480. The van der Waals surface area contributed by atoms with Gasteiger partial charge in [-0.1, -0.05) is 6.07 Å². The van der Waals surface area contributed by atoms with Gasteiger partial charge in [-0.3, -0.25) is 13.9 Å². The number of aromatic hydroxyl groups is 1. The number of rotatable bonds is 5. The maximum absolute atomic E-state index is 12.4. The van der Waals surface area contributed by atoms with Crippen LogP contribution in [-0.4, -0.2) is 43.9 Å². The minimum atomic E-state index is -0.190. The van der Waals surface area contributed by atoms with Crippen molar-refractivity contribution in [2.24, 2.45) is 14.1 Å².